The molecular weight excluding hydrogens is 425 g/mol. The van der Waals surface area contributed by atoms with E-state index in [1.54, 1.807) is 24.5 Å². The van der Waals surface area contributed by atoms with E-state index in [2.05, 4.69) is 15.3 Å². The second-order valence-electron chi connectivity index (χ2n) is 7.04. The Bertz CT molecular complexity index is 1110. The van der Waals surface area contributed by atoms with Crippen molar-refractivity contribution >= 4 is 17.4 Å². The van der Waals surface area contributed by atoms with E-state index < -0.39 is 17.8 Å². The fourth-order valence-electron chi connectivity index (χ4n) is 3.38. The molecule has 0 spiro atoms. The number of amides is 2. The zero-order valence-corrected chi connectivity index (χ0v) is 17.0. The molecule has 0 saturated carbocycles. The normalized spacial score (nSPS) is 12.9. The van der Waals surface area contributed by atoms with Crippen molar-refractivity contribution in [2.45, 2.75) is 19.2 Å². The van der Waals surface area contributed by atoms with Gasteiger partial charge in [0.25, 0.3) is 0 Å². The van der Waals surface area contributed by atoms with Crippen LogP contribution in [0, 0.1) is 0 Å². The maximum absolute atomic E-state index is 13.4. The summed E-state index contributed by atoms with van der Waals surface area (Å²) >= 11 is 0. The molecule has 0 fully saturated rings. The standard InChI is InChI=1S/C22H19F3N4O3/c1-31-19-10-15-6-9-29(18(15)11-17(19)22(23,24)25)21(30)28-16-2-3-20(27-12-16)32-13-14-4-7-26-8-5-14/h2-5,7-8,10-12H,6,9,13H2,1H3,(H,28,30). The van der Waals surface area contributed by atoms with Crippen molar-refractivity contribution in [1.82, 2.24) is 9.97 Å². The Morgan fingerprint density at radius 2 is 1.97 bits per heavy atom. The number of anilines is 2. The summed E-state index contributed by atoms with van der Waals surface area (Å²) < 4.78 is 50.6. The van der Waals surface area contributed by atoms with Crippen LogP contribution >= 0.6 is 0 Å². The third-order valence-corrected chi connectivity index (χ3v) is 4.97. The van der Waals surface area contributed by atoms with Gasteiger partial charge in [0.1, 0.15) is 12.4 Å². The van der Waals surface area contributed by atoms with Gasteiger partial charge in [-0.15, -0.1) is 0 Å². The number of rotatable bonds is 5. The number of urea groups is 1. The fourth-order valence-corrected chi connectivity index (χ4v) is 3.38. The number of pyridine rings is 2. The molecule has 1 aromatic carbocycles. The summed E-state index contributed by atoms with van der Waals surface area (Å²) in [5, 5.41) is 2.66. The second-order valence-corrected chi connectivity index (χ2v) is 7.04. The summed E-state index contributed by atoms with van der Waals surface area (Å²) in [5.41, 5.74) is 1.23. The van der Waals surface area contributed by atoms with Gasteiger partial charge in [-0.2, -0.15) is 13.2 Å². The number of hydrogen-bond acceptors (Lipinski definition) is 5. The molecule has 166 valence electrons. The largest absolute Gasteiger partial charge is 0.496 e. The number of fused-ring (bicyclic) bond motifs is 1. The summed E-state index contributed by atoms with van der Waals surface area (Å²) in [7, 11) is 1.19. The molecule has 0 saturated heterocycles. The average molecular weight is 444 g/mol. The number of methoxy groups -OCH3 is 1. The molecule has 1 aliphatic rings. The molecule has 0 bridgehead atoms. The number of halogens is 3. The topological polar surface area (TPSA) is 76.6 Å². The Hall–Kier alpha value is -3.82. The van der Waals surface area contributed by atoms with Crippen LogP contribution in [0.15, 0.2) is 55.0 Å². The Kier molecular flexibility index (Phi) is 5.85. The van der Waals surface area contributed by atoms with Crippen LogP contribution in [0.5, 0.6) is 11.6 Å². The van der Waals surface area contributed by atoms with E-state index in [1.165, 1.54) is 24.3 Å². The fraction of sp³-hybridized carbons (Fsp3) is 0.227. The van der Waals surface area contributed by atoms with Gasteiger partial charge in [0.2, 0.25) is 5.88 Å². The molecule has 32 heavy (non-hydrogen) atoms. The predicted octanol–water partition coefficient (Wildman–Crippen LogP) is 4.68. The summed E-state index contributed by atoms with van der Waals surface area (Å²) in [6.45, 7) is 0.572. The number of aromatic nitrogens is 2. The molecule has 2 amide bonds. The number of ether oxygens (including phenoxy) is 2. The van der Waals surface area contributed by atoms with Crippen LogP contribution in [0.2, 0.25) is 0 Å². The van der Waals surface area contributed by atoms with Crippen LogP contribution in [-0.4, -0.2) is 29.7 Å². The molecule has 0 atom stereocenters. The molecule has 3 heterocycles. The lowest BCUT2D eigenvalue weighted by atomic mass is 10.1. The van der Waals surface area contributed by atoms with Crippen molar-refractivity contribution in [2.24, 2.45) is 0 Å². The Morgan fingerprint density at radius 3 is 2.62 bits per heavy atom. The average Bonchev–Trinajstić information content (AvgIpc) is 3.21. The van der Waals surface area contributed by atoms with Crippen molar-refractivity contribution in [3.05, 3.63) is 71.7 Å². The van der Waals surface area contributed by atoms with Gasteiger partial charge in [-0.1, -0.05) is 0 Å². The first-order chi connectivity index (χ1) is 15.3. The minimum atomic E-state index is -4.60. The summed E-state index contributed by atoms with van der Waals surface area (Å²) in [6.07, 6.45) is 0.578. The zero-order valence-electron chi connectivity index (χ0n) is 17.0. The van der Waals surface area contributed by atoms with E-state index in [-0.39, 0.29) is 18.0 Å². The van der Waals surface area contributed by atoms with E-state index in [9.17, 15) is 18.0 Å². The Balaban J connectivity index is 1.44. The quantitative estimate of drug-likeness (QED) is 0.619. The van der Waals surface area contributed by atoms with Crippen molar-refractivity contribution in [3.8, 4) is 11.6 Å². The number of hydrogen-bond donors (Lipinski definition) is 1. The van der Waals surface area contributed by atoms with Gasteiger partial charge >= 0.3 is 12.2 Å². The van der Waals surface area contributed by atoms with E-state index in [0.717, 1.165) is 11.6 Å². The molecule has 0 radical (unpaired) electrons. The third-order valence-electron chi connectivity index (χ3n) is 4.97. The van der Waals surface area contributed by atoms with Crippen molar-refractivity contribution in [3.63, 3.8) is 0 Å². The summed E-state index contributed by atoms with van der Waals surface area (Å²) in [6, 6.07) is 8.59. The highest BCUT2D eigenvalue weighted by Crippen LogP contribution is 2.42. The van der Waals surface area contributed by atoms with Crippen LogP contribution in [0.3, 0.4) is 0 Å². The van der Waals surface area contributed by atoms with E-state index >= 15 is 0 Å². The van der Waals surface area contributed by atoms with Crippen LogP contribution < -0.4 is 19.7 Å². The van der Waals surface area contributed by atoms with E-state index in [0.29, 0.717) is 30.2 Å². The zero-order chi connectivity index (χ0) is 22.7. The van der Waals surface area contributed by atoms with E-state index in [1.807, 2.05) is 12.1 Å². The summed E-state index contributed by atoms with van der Waals surface area (Å²) in [4.78, 5) is 22.1. The van der Waals surface area contributed by atoms with Gasteiger partial charge in [0.15, 0.2) is 0 Å². The lowest BCUT2D eigenvalue weighted by Gasteiger charge is -2.20. The first-order valence-electron chi connectivity index (χ1n) is 9.69. The highest BCUT2D eigenvalue weighted by molar-refractivity contribution is 6.03. The lowest BCUT2D eigenvalue weighted by Crippen LogP contribution is -2.33. The van der Waals surface area contributed by atoms with Crippen molar-refractivity contribution < 1.29 is 27.4 Å². The number of carbonyl (C=O) groups excluding carboxylic acids is 1. The second kappa shape index (κ2) is 8.74. The molecule has 1 aliphatic heterocycles. The molecule has 1 N–H and O–H groups in total. The maximum atomic E-state index is 13.4. The van der Waals surface area contributed by atoms with Crippen LogP contribution in [0.25, 0.3) is 0 Å². The maximum Gasteiger partial charge on any atom is 0.420 e. The van der Waals surface area contributed by atoms with Gasteiger partial charge in [-0.3, -0.25) is 9.88 Å². The minimum Gasteiger partial charge on any atom is -0.496 e. The molecule has 0 aliphatic carbocycles. The molecule has 7 nitrogen and oxygen atoms in total. The number of carbonyl (C=O) groups is 1. The minimum absolute atomic E-state index is 0.209. The monoisotopic (exact) mass is 444 g/mol. The molecule has 10 heteroatoms. The van der Waals surface area contributed by atoms with Gasteiger partial charge in [-0.25, -0.2) is 9.78 Å². The Morgan fingerprint density at radius 1 is 1.19 bits per heavy atom. The number of nitrogens with zero attached hydrogens (tertiary/aromatic N) is 3. The van der Waals surface area contributed by atoms with Gasteiger partial charge < -0.3 is 14.8 Å². The molecule has 2 aromatic heterocycles. The van der Waals surface area contributed by atoms with Gasteiger partial charge in [0, 0.05) is 30.7 Å². The van der Waals surface area contributed by atoms with Crippen molar-refractivity contribution in [2.75, 3.05) is 23.9 Å². The highest BCUT2D eigenvalue weighted by atomic mass is 19.4. The summed E-state index contributed by atoms with van der Waals surface area (Å²) in [5.74, 6) is 0.110. The smallest absolute Gasteiger partial charge is 0.420 e. The Labute approximate surface area is 181 Å². The highest BCUT2D eigenvalue weighted by Gasteiger charge is 2.37. The van der Waals surface area contributed by atoms with E-state index in [4.69, 9.17) is 9.47 Å². The first-order valence-corrected chi connectivity index (χ1v) is 9.69. The SMILES string of the molecule is COc1cc2c(cc1C(F)(F)F)N(C(=O)Nc1ccc(OCc3ccncc3)nc1)CC2. The lowest BCUT2D eigenvalue weighted by molar-refractivity contribution is -0.138. The van der Waals surface area contributed by atoms with Gasteiger partial charge in [0.05, 0.1) is 24.6 Å². The molecule has 0 unspecified atom stereocenters. The predicted molar refractivity (Wildman–Crippen MR) is 111 cm³/mol. The molecule has 3 aromatic rings. The third kappa shape index (κ3) is 4.58. The number of alkyl halides is 3. The van der Waals surface area contributed by atoms with Crippen LogP contribution in [-0.2, 0) is 19.2 Å². The molecular formula is C22H19F3N4O3. The number of nitrogens with one attached hydrogen (secondary N) is 1. The van der Waals surface area contributed by atoms with Crippen molar-refractivity contribution in [1.29, 1.82) is 0 Å². The first kappa shape index (κ1) is 21.4. The number of benzene rings is 1. The molecule has 4 rings (SSSR count). The van der Waals surface area contributed by atoms with Crippen LogP contribution in [0.4, 0.5) is 29.3 Å². The van der Waals surface area contributed by atoms with Crippen LogP contribution in [0.1, 0.15) is 16.7 Å². The van der Waals surface area contributed by atoms with Gasteiger partial charge in [-0.05, 0) is 47.9 Å².